The molecule has 2 heteroatoms. The Labute approximate surface area is 110 Å². The molecule has 1 unspecified atom stereocenters. The lowest BCUT2D eigenvalue weighted by atomic mass is 10.1. The molecular weight excluding hydrogens is 220 g/mol. The number of nitrogens with one attached hydrogen (secondary N) is 1. The second-order valence-corrected chi connectivity index (χ2v) is 5.83. The molecule has 1 aromatic carbocycles. The van der Waals surface area contributed by atoms with E-state index in [-0.39, 0.29) is 0 Å². The molecule has 0 spiro atoms. The van der Waals surface area contributed by atoms with Crippen LogP contribution in [0.25, 0.3) is 0 Å². The molecule has 0 amide bonds. The third kappa shape index (κ3) is 2.60. The van der Waals surface area contributed by atoms with Crippen molar-refractivity contribution >= 4 is 0 Å². The highest BCUT2D eigenvalue weighted by Gasteiger charge is 2.24. The fourth-order valence-electron chi connectivity index (χ4n) is 3.40. The number of fused-ring (bicyclic) bond motifs is 1. The molecule has 1 saturated heterocycles. The van der Waals surface area contributed by atoms with Crippen LogP contribution >= 0.6 is 0 Å². The predicted molar refractivity (Wildman–Crippen MR) is 75.9 cm³/mol. The molecule has 2 aliphatic rings. The zero-order valence-electron chi connectivity index (χ0n) is 11.4. The van der Waals surface area contributed by atoms with E-state index in [1.54, 1.807) is 11.1 Å². The summed E-state index contributed by atoms with van der Waals surface area (Å²) in [6.07, 6.45) is 3.82. The van der Waals surface area contributed by atoms with E-state index < -0.39 is 0 Å². The van der Waals surface area contributed by atoms with Gasteiger partial charge in [-0.25, -0.2) is 0 Å². The summed E-state index contributed by atoms with van der Waals surface area (Å²) in [5.41, 5.74) is 3.10. The number of hydrogen-bond donors (Lipinski definition) is 1. The van der Waals surface area contributed by atoms with Crippen molar-refractivity contribution in [1.29, 1.82) is 0 Å². The van der Waals surface area contributed by atoms with Crippen LogP contribution in [-0.4, -0.2) is 37.1 Å². The Kier molecular flexibility index (Phi) is 3.67. The topological polar surface area (TPSA) is 15.3 Å². The predicted octanol–water partition coefficient (Wildman–Crippen LogP) is 2.09. The van der Waals surface area contributed by atoms with Gasteiger partial charge in [0.2, 0.25) is 0 Å². The fraction of sp³-hybridized carbons (Fsp3) is 0.625. The van der Waals surface area contributed by atoms with E-state index >= 15 is 0 Å². The molecule has 0 aromatic heterocycles. The van der Waals surface area contributed by atoms with Crippen molar-refractivity contribution in [3.63, 3.8) is 0 Å². The minimum Gasteiger partial charge on any atom is -0.313 e. The van der Waals surface area contributed by atoms with Crippen molar-refractivity contribution in [3.8, 4) is 0 Å². The second-order valence-electron chi connectivity index (χ2n) is 5.83. The summed E-state index contributed by atoms with van der Waals surface area (Å²) in [5, 5.41) is 3.79. The molecule has 1 N–H and O–H groups in total. The zero-order valence-corrected chi connectivity index (χ0v) is 11.4. The smallest absolute Gasteiger partial charge is 0.0148 e. The Morgan fingerprint density at radius 1 is 1.22 bits per heavy atom. The van der Waals surface area contributed by atoms with E-state index in [0.29, 0.717) is 6.04 Å². The molecule has 2 nitrogen and oxygen atoms in total. The molecule has 0 saturated carbocycles. The van der Waals surface area contributed by atoms with Crippen molar-refractivity contribution < 1.29 is 0 Å². The summed E-state index contributed by atoms with van der Waals surface area (Å²) >= 11 is 0. The molecule has 3 rings (SSSR count). The Balaban J connectivity index is 1.46. The van der Waals surface area contributed by atoms with Crippen molar-refractivity contribution in [1.82, 2.24) is 10.2 Å². The van der Waals surface area contributed by atoms with E-state index in [4.69, 9.17) is 0 Å². The maximum absolute atomic E-state index is 3.79. The van der Waals surface area contributed by atoms with Gasteiger partial charge in [0.1, 0.15) is 0 Å². The first-order valence-electron chi connectivity index (χ1n) is 7.37. The minimum absolute atomic E-state index is 0.679. The van der Waals surface area contributed by atoms with Gasteiger partial charge in [-0.1, -0.05) is 31.2 Å². The maximum atomic E-state index is 3.79. The van der Waals surface area contributed by atoms with Crippen LogP contribution in [0.2, 0.25) is 0 Å². The van der Waals surface area contributed by atoms with Gasteiger partial charge in [-0.05, 0) is 55.9 Å². The van der Waals surface area contributed by atoms with Gasteiger partial charge in [-0.3, -0.25) is 0 Å². The third-order valence-electron chi connectivity index (χ3n) is 4.56. The molecule has 98 valence electrons. The molecule has 1 aromatic rings. The van der Waals surface area contributed by atoms with E-state index in [1.165, 1.54) is 45.4 Å². The summed E-state index contributed by atoms with van der Waals surface area (Å²) in [7, 11) is 0. The van der Waals surface area contributed by atoms with Crippen LogP contribution in [0.1, 0.15) is 24.5 Å². The van der Waals surface area contributed by atoms with Crippen molar-refractivity contribution in [2.24, 2.45) is 5.92 Å². The normalized spacial score (nSPS) is 24.6. The molecule has 1 atom stereocenters. The minimum atomic E-state index is 0.679. The maximum Gasteiger partial charge on any atom is 0.0148 e. The lowest BCUT2D eigenvalue weighted by molar-refractivity contribution is 0.335. The summed E-state index contributed by atoms with van der Waals surface area (Å²) in [5.74, 6) is 0.869. The zero-order chi connectivity index (χ0) is 12.4. The van der Waals surface area contributed by atoms with E-state index in [2.05, 4.69) is 41.4 Å². The van der Waals surface area contributed by atoms with Crippen LogP contribution in [0.3, 0.4) is 0 Å². The number of nitrogens with zero attached hydrogens (tertiary/aromatic N) is 1. The van der Waals surface area contributed by atoms with Crippen molar-refractivity contribution in [2.45, 2.75) is 32.2 Å². The lowest BCUT2D eigenvalue weighted by Crippen LogP contribution is -2.35. The number of hydrogen-bond acceptors (Lipinski definition) is 2. The van der Waals surface area contributed by atoms with Crippen LogP contribution in [0.4, 0.5) is 0 Å². The number of benzene rings is 1. The van der Waals surface area contributed by atoms with Gasteiger partial charge < -0.3 is 10.2 Å². The van der Waals surface area contributed by atoms with Crippen LogP contribution in [0.15, 0.2) is 24.3 Å². The van der Waals surface area contributed by atoms with E-state index in [0.717, 1.165) is 5.92 Å². The van der Waals surface area contributed by atoms with Gasteiger partial charge in [-0.15, -0.1) is 0 Å². The molecule has 1 heterocycles. The number of rotatable bonds is 4. The highest BCUT2D eigenvalue weighted by atomic mass is 15.1. The third-order valence-corrected chi connectivity index (χ3v) is 4.56. The Hall–Kier alpha value is -0.860. The molecule has 18 heavy (non-hydrogen) atoms. The average molecular weight is 244 g/mol. The molecule has 1 fully saturated rings. The first-order chi connectivity index (χ1) is 8.85. The van der Waals surface area contributed by atoms with Gasteiger partial charge in [0, 0.05) is 12.6 Å². The van der Waals surface area contributed by atoms with Gasteiger partial charge in [0.05, 0.1) is 0 Å². The van der Waals surface area contributed by atoms with E-state index in [1.807, 2.05) is 0 Å². The van der Waals surface area contributed by atoms with Crippen LogP contribution in [0, 0.1) is 5.92 Å². The van der Waals surface area contributed by atoms with Gasteiger partial charge in [-0.2, -0.15) is 0 Å². The molecular formula is C16H24N2. The second kappa shape index (κ2) is 5.41. The van der Waals surface area contributed by atoms with Gasteiger partial charge in [0.25, 0.3) is 0 Å². The molecule has 1 aliphatic heterocycles. The fourth-order valence-corrected chi connectivity index (χ4v) is 3.40. The van der Waals surface area contributed by atoms with Crippen LogP contribution in [0.5, 0.6) is 0 Å². The number of likely N-dealkylation sites (tertiary alicyclic amines) is 1. The van der Waals surface area contributed by atoms with Gasteiger partial charge >= 0.3 is 0 Å². The highest BCUT2D eigenvalue weighted by Crippen LogP contribution is 2.22. The van der Waals surface area contributed by atoms with E-state index in [9.17, 15) is 0 Å². The summed E-state index contributed by atoms with van der Waals surface area (Å²) in [6, 6.07) is 9.57. The largest absolute Gasteiger partial charge is 0.313 e. The Bertz CT molecular complexity index is 377. The summed E-state index contributed by atoms with van der Waals surface area (Å²) in [4.78, 5) is 2.57. The molecule has 1 aliphatic carbocycles. The quantitative estimate of drug-likeness (QED) is 0.872. The Morgan fingerprint density at radius 3 is 2.56 bits per heavy atom. The monoisotopic (exact) mass is 244 g/mol. The van der Waals surface area contributed by atoms with Crippen LogP contribution < -0.4 is 5.32 Å². The Morgan fingerprint density at radius 2 is 1.94 bits per heavy atom. The highest BCUT2D eigenvalue weighted by molar-refractivity contribution is 5.33. The first kappa shape index (κ1) is 12.2. The summed E-state index contributed by atoms with van der Waals surface area (Å²) in [6.45, 7) is 7.28. The first-order valence-corrected chi connectivity index (χ1v) is 7.37. The standard InChI is InChI=1S/C16H24N2/c1-2-18-8-7-13(12-18)11-17-16-9-14-5-3-4-6-15(14)10-16/h3-6,13,16-17H,2,7-12H2,1H3. The van der Waals surface area contributed by atoms with Gasteiger partial charge in [0.15, 0.2) is 0 Å². The molecule has 0 bridgehead atoms. The summed E-state index contributed by atoms with van der Waals surface area (Å²) < 4.78 is 0. The molecule has 0 radical (unpaired) electrons. The average Bonchev–Trinajstić information content (AvgIpc) is 3.02. The SMILES string of the molecule is CCN1CCC(CNC2Cc3ccccc3C2)C1. The van der Waals surface area contributed by atoms with Crippen molar-refractivity contribution in [2.75, 3.05) is 26.2 Å². The van der Waals surface area contributed by atoms with Crippen LogP contribution in [-0.2, 0) is 12.8 Å². The lowest BCUT2D eigenvalue weighted by Gasteiger charge is -2.17. The van der Waals surface area contributed by atoms with Crippen molar-refractivity contribution in [3.05, 3.63) is 35.4 Å².